The molecule has 0 unspecified atom stereocenters. The summed E-state index contributed by atoms with van der Waals surface area (Å²) in [7, 11) is 0. The van der Waals surface area contributed by atoms with Gasteiger partial charge in [0.05, 0.1) is 16.1 Å². The lowest BCUT2D eigenvalue weighted by atomic mass is 10.0. The number of carbonyl (C=O) groups is 1. The number of carbonyl (C=O) groups excluding carboxylic acids is 1. The number of halogens is 2. The highest BCUT2D eigenvalue weighted by atomic mass is 35.5. The van der Waals surface area contributed by atoms with E-state index in [9.17, 15) is 4.79 Å². The molecule has 1 heterocycles. The number of fused-ring (bicyclic) bond motifs is 1. The third-order valence-electron chi connectivity index (χ3n) is 2.90. The van der Waals surface area contributed by atoms with Gasteiger partial charge in [0.1, 0.15) is 0 Å². The zero-order chi connectivity index (χ0) is 14.1. The van der Waals surface area contributed by atoms with Crippen molar-refractivity contribution in [3.05, 3.63) is 70.0 Å². The number of nitrogens with zero attached hydrogens (tertiary/aromatic N) is 2. The maximum atomic E-state index is 12.5. The molecular formula is C15H8Cl2N2O. The summed E-state index contributed by atoms with van der Waals surface area (Å²) in [4.78, 5) is 20.8. The van der Waals surface area contributed by atoms with Crippen LogP contribution in [0.4, 0.5) is 0 Å². The van der Waals surface area contributed by atoms with Gasteiger partial charge in [0.2, 0.25) is 0 Å². The van der Waals surface area contributed by atoms with Crippen molar-refractivity contribution in [1.82, 2.24) is 9.97 Å². The fraction of sp³-hybridized carbons (Fsp3) is 0. The molecule has 0 amide bonds. The molecule has 3 aromatic rings. The van der Waals surface area contributed by atoms with Crippen molar-refractivity contribution in [3.8, 4) is 0 Å². The molecule has 20 heavy (non-hydrogen) atoms. The lowest BCUT2D eigenvalue weighted by molar-refractivity contribution is 0.103. The first-order valence-electron chi connectivity index (χ1n) is 5.86. The molecule has 0 atom stereocenters. The van der Waals surface area contributed by atoms with Gasteiger partial charge in [-0.3, -0.25) is 14.8 Å². The molecule has 0 saturated carbocycles. The van der Waals surface area contributed by atoms with Crippen LogP contribution in [0.1, 0.15) is 15.9 Å². The maximum absolute atomic E-state index is 12.5. The molecule has 0 N–H and O–H groups in total. The summed E-state index contributed by atoms with van der Waals surface area (Å²) in [5, 5.41) is 0.844. The zero-order valence-electron chi connectivity index (χ0n) is 10.2. The molecule has 0 aliphatic carbocycles. The molecular weight excluding hydrogens is 295 g/mol. The van der Waals surface area contributed by atoms with Gasteiger partial charge in [-0.2, -0.15) is 0 Å². The fourth-order valence-electron chi connectivity index (χ4n) is 1.93. The lowest BCUT2D eigenvalue weighted by Gasteiger charge is -2.05. The highest BCUT2D eigenvalue weighted by Crippen LogP contribution is 2.24. The number of benzene rings is 2. The monoisotopic (exact) mass is 302 g/mol. The molecule has 0 fully saturated rings. The van der Waals surface area contributed by atoms with E-state index < -0.39 is 0 Å². The first-order valence-corrected chi connectivity index (χ1v) is 6.61. The van der Waals surface area contributed by atoms with E-state index in [0.717, 1.165) is 5.52 Å². The first kappa shape index (κ1) is 13.0. The fourth-order valence-corrected chi connectivity index (χ4v) is 2.31. The summed E-state index contributed by atoms with van der Waals surface area (Å²) in [6.45, 7) is 0. The summed E-state index contributed by atoms with van der Waals surface area (Å²) in [5.74, 6) is -0.190. The molecule has 0 aliphatic heterocycles. The Bertz CT molecular complexity index is 818. The van der Waals surface area contributed by atoms with E-state index in [0.29, 0.717) is 26.7 Å². The summed E-state index contributed by atoms with van der Waals surface area (Å²) in [6.07, 6.45) is 3.20. The second-order valence-electron chi connectivity index (χ2n) is 4.21. The minimum Gasteiger partial charge on any atom is -0.289 e. The Morgan fingerprint density at radius 2 is 1.65 bits per heavy atom. The van der Waals surface area contributed by atoms with Gasteiger partial charge in [0.15, 0.2) is 5.78 Å². The van der Waals surface area contributed by atoms with E-state index in [-0.39, 0.29) is 5.78 Å². The standard InChI is InChI=1S/C15H8Cl2N2O/c16-10-2-3-12(17)11(8-10)15(20)9-1-4-13-14(7-9)19-6-5-18-13/h1-8H. The number of aromatic nitrogens is 2. The van der Waals surface area contributed by atoms with Crippen molar-refractivity contribution < 1.29 is 4.79 Å². The smallest absolute Gasteiger partial charge is 0.194 e. The summed E-state index contributed by atoms with van der Waals surface area (Å²) >= 11 is 12.0. The van der Waals surface area contributed by atoms with Gasteiger partial charge in [0.25, 0.3) is 0 Å². The number of ketones is 1. The van der Waals surface area contributed by atoms with E-state index in [4.69, 9.17) is 23.2 Å². The topological polar surface area (TPSA) is 42.9 Å². The number of rotatable bonds is 2. The van der Waals surface area contributed by atoms with Gasteiger partial charge in [-0.05, 0) is 36.4 Å². The third-order valence-corrected chi connectivity index (χ3v) is 3.47. The van der Waals surface area contributed by atoms with Crippen LogP contribution in [0.5, 0.6) is 0 Å². The minimum atomic E-state index is -0.190. The molecule has 1 aromatic heterocycles. The van der Waals surface area contributed by atoms with Crippen LogP contribution in [-0.2, 0) is 0 Å². The van der Waals surface area contributed by atoms with Crippen LogP contribution in [0.2, 0.25) is 10.0 Å². The van der Waals surface area contributed by atoms with Gasteiger partial charge in [-0.25, -0.2) is 0 Å². The Labute approximate surface area is 125 Å². The van der Waals surface area contributed by atoms with Crippen molar-refractivity contribution in [2.75, 3.05) is 0 Å². The average molecular weight is 303 g/mol. The zero-order valence-corrected chi connectivity index (χ0v) is 11.7. The lowest BCUT2D eigenvalue weighted by Crippen LogP contribution is -2.02. The van der Waals surface area contributed by atoms with Crippen molar-refractivity contribution >= 4 is 40.0 Å². The first-order chi connectivity index (χ1) is 9.65. The molecule has 3 rings (SSSR count). The number of hydrogen-bond acceptors (Lipinski definition) is 3. The van der Waals surface area contributed by atoms with Crippen LogP contribution in [0, 0.1) is 0 Å². The second-order valence-corrected chi connectivity index (χ2v) is 5.06. The van der Waals surface area contributed by atoms with Crippen LogP contribution in [-0.4, -0.2) is 15.8 Å². The Morgan fingerprint density at radius 1 is 0.900 bits per heavy atom. The second kappa shape index (κ2) is 5.19. The van der Waals surface area contributed by atoms with E-state index in [1.54, 1.807) is 48.8 Å². The van der Waals surface area contributed by atoms with Crippen LogP contribution in [0.15, 0.2) is 48.8 Å². The van der Waals surface area contributed by atoms with Gasteiger partial charge in [-0.1, -0.05) is 23.2 Å². The quantitative estimate of drug-likeness (QED) is 0.667. The predicted octanol–water partition coefficient (Wildman–Crippen LogP) is 4.17. The molecule has 0 bridgehead atoms. The summed E-state index contributed by atoms with van der Waals surface area (Å²) < 4.78 is 0. The van der Waals surface area contributed by atoms with Gasteiger partial charge >= 0.3 is 0 Å². The highest BCUT2D eigenvalue weighted by Gasteiger charge is 2.14. The third kappa shape index (κ3) is 2.38. The van der Waals surface area contributed by atoms with Crippen LogP contribution >= 0.6 is 23.2 Å². The molecule has 0 spiro atoms. The van der Waals surface area contributed by atoms with E-state index in [1.807, 2.05) is 0 Å². The largest absolute Gasteiger partial charge is 0.289 e. The van der Waals surface area contributed by atoms with Gasteiger partial charge in [0, 0.05) is 28.5 Å². The van der Waals surface area contributed by atoms with E-state index >= 15 is 0 Å². The van der Waals surface area contributed by atoms with Gasteiger partial charge in [-0.15, -0.1) is 0 Å². The number of hydrogen-bond donors (Lipinski definition) is 0. The Kier molecular flexibility index (Phi) is 3.38. The predicted molar refractivity (Wildman–Crippen MR) is 79.4 cm³/mol. The van der Waals surface area contributed by atoms with E-state index in [2.05, 4.69) is 9.97 Å². The average Bonchev–Trinajstić information content (AvgIpc) is 2.48. The normalized spacial score (nSPS) is 10.7. The molecule has 98 valence electrons. The Hall–Kier alpha value is -1.97. The van der Waals surface area contributed by atoms with Crippen molar-refractivity contribution in [2.24, 2.45) is 0 Å². The molecule has 3 nitrogen and oxygen atoms in total. The van der Waals surface area contributed by atoms with Crippen molar-refractivity contribution in [2.45, 2.75) is 0 Å². The molecule has 0 aliphatic rings. The molecule has 0 radical (unpaired) electrons. The van der Waals surface area contributed by atoms with Gasteiger partial charge < -0.3 is 0 Å². The van der Waals surface area contributed by atoms with Crippen LogP contribution < -0.4 is 0 Å². The minimum absolute atomic E-state index is 0.190. The highest BCUT2D eigenvalue weighted by molar-refractivity contribution is 6.36. The molecule has 0 saturated heterocycles. The maximum Gasteiger partial charge on any atom is 0.194 e. The van der Waals surface area contributed by atoms with Crippen LogP contribution in [0.3, 0.4) is 0 Å². The van der Waals surface area contributed by atoms with Crippen LogP contribution in [0.25, 0.3) is 11.0 Å². The SMILES string of the molecule is O=C(c1ccc2nccnc2c1)c1cc(Cl)ccc1Cl. The Morgan fingerprint density at radius 3 is 2.45 bits per heavy atom. The van der Waals surface area contributed by atoms with Crippen molar-refractivity contribution in [1.29, 1.82) is 0 Å². The van der Waals surface area contributed by atoms with E-state index in [1.165, 1.54) is 0 Å². The summed E-state index contributed by atoms with van der Waals surface area (Å²) in [5.41, 5.74) is 2.28. The van der Waals surface area contributed by atoms with Crippen molar-refractivity contribution in [3.63, 3.8) is 0 Å². The Balaban J connectivity index is 2.10. The molecule has 5 heteroatoms. The summed E-state index contributed by atoms with van der Waals surface area (Å²) in [6, 6.07) is 9.98. The molecule has 2 aromatic carbocycles.